The molecule has 0 saturated carbocycles. The number of hydrogen-bond donors (Lipinski definition) is 0. The Kier molecular flexibility index (Phi) is 5.34. The molecule has 0 aliphatic carbocycles. The van der Waals surface area contributed by atoms with Crippen molar-refractivity contribution in [1.82, 2.24) is 20.2 Å². The van der Waals surface area contributed by atoms with E-state index in [9.17, 15) is 0 Å². The van der Waals surface area contributed by atoms with Crippen LogP contribution in [0.3, 0.4) is 0 Å². The van der Waals surface area contributed by atoms with Crippen LogP contribution in [-0.2, 0) is 0 Å². The molecule has 1 aliphatic heterocycles. The van der Waals surface area contributed by atoms with Crippen molar-refractivity contribution in [1.29, 1.82) is 0 Å². The molecule has 2 aromatic carbocycles. The van der Waals surface area contributed by atoms with E-state index >= 15 is 0 Å². The lowest BCUT2D eigenvalue weighted by Gasteiger charge is -2.20. The van der Waals surface area contributed by atoms with Gasteiger partial charge in [0.25, 0.3) is 0 Å². The lowest BCUT2D eigenvalue weighted by atomic mass is 10.0. The number of nitrogens with zero attached hydrogens (tertiary/aromatic N) is 5. The van der Waals surface area contributed by atoms with E-state index in [4.69, 9.17) is 14.2 Å². The minimum absolute atomic E-state index is 0.00109. The van der Waals surface area contributed by atoms with E-state index in [1.165, 1.54) is 0 Å². The third kappa shape index (κ3) is 3.62. The van der Waals surface area contributed by atoms with E-state index in [2.05, 4.69) is 32.0 Å². The minimum atomic E-state index is -0.00109. The van der Waals surface area contributed by atoms with E-state index < -0.39 is 0 Å². The summed E-state index contributed by atoms with van der Waals surface area (Å²) in [6, 6.07) is 11.6. The molecule has 2 atom stereocenters. The average molecular weight is 431 g/mol. The summed E-state index contributed by atoms with van der Waals surface area (Å²) in [5.41, 5.74) is 3.46. The van der Waals surface area contributed by atoms with E-state index in [1.54, 1.807) is 26.6 Å². The molecule has 1 fully saturated rings. The summed E-state index contributed by atoms with van der Waals surface area (Å²) in [6.07, 6.45) is 4.51. The summed E-state index contributed by atoms with van der Waals surface area (Å²) in [7, 11) is 3.25. The van der Waals surface area contributed by atoms with Gasteiger partial charge in [0.2, 0.25) is 5.88 Å². The molecule has 8 heteroatoms. The predicted octanol–water partition coefficient (Wildman–Crippen LogP) is 3.88. The molecule has 0 N–H and O–H groups in total. The molecular weight excluding hydrogens is 406 g/mol. The Morgan fingerprint density at radius 1 is 0.969 bits per heavy atom. The number of anilines is 1. The van der Waals surface area contributed by atoms with Gasteiger partial charge in [-0.05, 0) is 24.6 Å². The second-order valence-corrected chi connectivity index (χ2v) is 7.88. The van der Waals surface area contributed by atoms with Crippen molar-refractivity contribution in [3.63, 3.8) is 0 Å². The first-order valence-electron chi connectivity index (χ1n) is 10.7. The molecule has 0 bridgehead atoms. The molecule has 3 heterocycles. The van der Waals surface area contributed by atoms with E-state index in [-0.39, 0.29) is 6.10 Å². The smallest absolute Gasteiger partial charge is 0.233 e. The van der Waals surface area contributed by atoms with Crippen LogP contribution < -0.4 is 19.1 Å². The zero-order chi connectivity index (χ0) is 22.1. The zero-order valence-electron chi connectivity index (χ0n) is 18.4. The maximum Gasteiger partial charge on any atom is 0.233 e. The number of benzene rings is 2. The van der Waals surface area contributed by atoms with Gasteiger partial charge in [0.05, 0.1) is 55.4 Å². The highest BCUT2D eigenvalue weighted by atomic mass is 16.5. The summed E-state index contributed by atoms with van der Waals surface area (Å²) < 4.78 is 17.3. The fraction of sp³-hybridized carbons (Fsp3) is 0.333. The molecule has 2 aromatic heterocycles. The SMILES string of the molecule is CCC1CN(c2cnnc3cc(OC)c(OC)cc23)CC1Oc1cnc2ccccc2n1. The quantitative estimate of drug-likeness (QED) is 0.455. The summed E-state index contributed by atoms with van der Waals surface area (Å²) >= 11 is 0. The molecular formula is C24H25N5O3. The molecule has 0 radical (unpaired) electrons. The Morgan fingerprint density at radius 3 is 2.53 bits per heavy atom. The predicted molar refractivity (Wildman–Crippen MR) is 123 cm³/mol. The number of ether oxygens (including phenoxy) is 3. The Morgan fingerprint density at radius 2 is 1.75 bits per heavy atom. The van der Waals surface area contributed by atoms with Gasteiger partial charge in [0.15, 0.2) is 11.5 Å². The van der Waals surface area contributed by atoms with Crippen molar-refractivity contribution < 1.29 is 14.2 Å². The topological polar surface area (TPSA) is 82.5 Å². The second kappa shape index (κ2) is 8.45. The third-order valence-electron chi connectivity index (χ3n) is 6.07. The molecule has 2 unspecified atom stereocenters. The zero-order valence-corrected chi connectivity index (χ0v) is 18.4. The Bertz CT molecular complexity index is 1270. The fourth-order valence-corrected chi connectivity index (χ4v) is 4.34. The van der Waals surface area contributed by atoms with E-state index in [1.807, 2.05) is 36.4 Å². The summed E-state index contributed by atoms with van der Waals surface area (Å²) in [6.45, 7) is 3.77. The lowest BCUT2D eigenvalue weighted by molar-refractivity contribution is 0.165. The molecule has 32 heavy (non-hydrogen) atoms. The number of hydrogen-bond acceptors (Lipinski definition) is 8. The first kappa shape index (κ1) is 20.2. The summed E-state index contributed by atoms with van der Waals surface area (Å²) in [5.74, 6) is 2.21. The molecule has 4 aromatic rings. The van der Waals surface area contributed by atoms with Crippen molar-refractivity contribution in [3.05, 3.63) is 48.8 Å². The highest BCUT2D eigenvalue weighted by Crippen LogP contribution is 2.37. The molecule has 8 nitrogen and oxygen atoms in total. The van der Waals surface area contributed by atoms with Crippen LogP contribution in [0.4, 0.5) is 5.69 Å². The standard InChI is InChI=1S/C24H25N5O3/c1-4-15-13-29(14-23(15)32-24-12-25-17-7-5-6-8-18(17)27-24)20-11-26-28-19-10-22(31-3)21(30-2)9-16(19)20/h5-12,15,23H,4,13-14H2,1-3H3. The van der Waals surface area contributed by atoms with Crippen LogP contribution in [-0.4, -0.2) is 53.6 Å². The highest BCUT2D eigenvalue weighted by molar-refractivity contribution is 5.93. The first-order valence-corrected chi connectivity index (χ1v) is 10.7. The molecule has 1 saturated heterocycles. The van der Waals surface area contributed by atoms with Gasteiger partial charge < -0.3 is 19.1 Å². The molecule has 164 valence electrons. The maximum absolute atomic E-state index is 6.34. The van der Waals surface area contributed by atoms with Crippen LogP contribution in [0.5, 0.6) is 17.4 Å². The van der Waals surface area contributed by atoms with Gasteiger partial charge in [-0.3, -0.25) is 0 Å². The summed E-state index contributed by atoms with van der Waals surface area (Å²) in [5, 5.41) is 9.49. The molecule has 0 spiro atoms. The van der Waals surface area contributed by atoms with Crippen LogP contribution in [0.1, 0.15) is 13.3 Å². The van der Waals surface area contributed by atoms with Crippen molar-refractivity contribution in [2.24, 2.45) is 5.92 Å². The average Bonchev–Trinajstić information content (AvgIpc) is 3.25. The van der Waals surface area contributed by atoms with Gasteiger partial charge in [0.1, 0.15) is 6.10 Å². The van der Waals surface area contributed by atoms with Crippen LogP contribution in [0, 0.1) is 5.92 Å². The van der Waals surface area contributed by atoms with Gasteiger partial charge in [-0.25, -0.2) is 9.97 Å². The number of aromatic nitrogens is 4. The monoisotopic (exact) mass is 431 g/mol. The Labute approximate surface area is 186 Å². The minimum Gasteiger partial charge on any atom is -0.493 e. The van der Waals surface area contributed by atoms with Gasteiger partial charge in [-0.1, -0.05) is 19.1 Å². The van der Waals surface area contributed by atoms with Crippen molar-refractivity contribution >= 4 is 27.6 Å². The van der Waals surface area contributed by atoms with Crippen LogP contribution >= 0.6 is 0 Å². The van der Waals surface area contributed by atoms with Gasteiger partial charge in [-0.2, -0.15) is 10.2 Å². The van der Waals surface area contributed by atoms with Crippen LogP contribution in [0.25, 0.3) is 21.9 Å². The van der Waals surface area contributed by atoms with Crippen molar-refractivity contribution in [2.45, 2.75) is 19.4 Å². The number of rotatable bonds is 6. The maximum atomic E-state index is 6.34. The molecule has 1 aliphatic rings. The number of fused-ring (bicyclic) bond motifs is 2. The number of methoxy groups -OCH3 is 2. The van der Waals surface area contributed by atoms with Crippen LogP contribution in [0.15, 0.2) is 48.8 Å². The lowest BCUT2D eigenvalue weighted by Crippen LogP contribution is -2.27. The normalized spacial score (nSPS) is 18.3. The van der Waals surface area contributed by atoms with E-state index in [0.29, 0.717) is 23.3 Å². The molecule has 5 rings (SSSR count). The highest BCUT2D eigenvalue weighted by Gasteiger charge is 2.35. The van der Waals surface area contributed by atoms with Gasteiger partial charge in [0, 0.05) is 23.9 Å². The Hall–Kier alpha value is -3.68. The second-order valence-electron chi connectivity index (χ2n) is 7.88. The van der Waals surface area contributed by atoms with E-state index in [0.717, 1.165) is 47.1 Å². The number of para-hydroxylation sites is 2. The van der Waals surface area contributed by atoms with Crippen LogP contribution in [0.2, 0.25) is 0 Å². The third-order valence-corrected chi connectivity index (χ3v) is 6.07. The van der Waals surface area contributed by atoms with Gasteiger partial charge in [-0.15, -0.1) is 0 Å². The fourth-order valence-electron chi connectivity index (χ4n) is 4.34. The largest absolute Gasteiger partial charge is 0.493 e. The molecule has 0 amide bonds. The van der Waals surface area contributed by atoms with Crippen molar-refractivity contribution in [3.8, 4) is 17.4 Å². The Balaban J connectivity index is 1.44. The summed E-state index contributed by atoms with van der Waals surface area (Å²) in [4.78, 5) is 11.4. The van der Waals surface area contributed by atoms with Crippen molar-refractivity contribution in [2.75, 3.05) is 32.2 Å². The first-order chi connectivity index (χ1) is 15.7. The van der Waals surface area contributed by atoms with Gasteiger partial charge >= 0.3 is 0 Å².